The smallest absolute Gasteiger partial charge is 0.174 e. The lowest BCUT2D eigenvalue weighted by atomic mass is 10.1. The molecule has 6 nitrogen and oxygen atoms in total. The fourth-order valence-corrected chi connectivity index (χ4v) is 4.13. The van der Waals surface area contributed by atoms with Gasteiger partial charge in [0.1, 0.15) is 22.7 Å². The van der Waals surface area contributed by atoms with Gasteiger partial charge in [0, 0.05) is 37.2 Å². The predicted octanol–water partition coefficient (Wildman–Crippen LogP) is 5.74. The second-order valence-corrected chi connectivity index (χ2v) is 8.83. The first kappa shape index (κ1) is 22.4. The second kappa shape index (κ2) is 10.7. The number of nitrogens with zero attached hydrogens (tertiary/aromatic N) is 5. The molecule has 4 heterocycles. The summed E-state index contributed by atoms with van der Waals surface area (Å²) in [7, 11) is 0. The molecule has 0 spiro atoms. The first-order chi connectivity index (χ1) is 15.6. The van der Waals surface area contributed by atoms with Gasteiger partial charge in [-0.3, -0.25) is 4.68 Å². The number of halogens is 2. The van der Waals surface area contributed by atoms with E-state index in [0.717, 1.165) is 30.3 Å². The third kappa shape index (κ3) is 5.92. The summed E-state index contributed by atoms with van der Waals surface area (Å²) in [6, 6.07) is 6.14. The lowest BCUT2D eigenvalue weighted by Gasteiger charge is -2.08. The Kier molecular flexibility index (Phi) is 7.49. The molecular formula is C23H25F2N5OS. The Morgan fingerprint density at radius 1 is 1.09 bits per heavy atom. The van der Waals surface area contributed by atoms with Crippen LogP contribution in [0.25, 0.3) is 21.6 Å². The molecule has 0 radical (unpaired) electrons. The highest BCUT2D eigenvalue weighted by atomic mass is 32.1. The van der Waals surface area contributed by atoms with Crippen molar-refractivity contribution in [1.29, 1.82) is 0 Å². The van der Waals surface area contributed by atoms with Gasteiger partial charge >= 0.3 is 0 Å². The minimum atomic E-state index is -0.638. The zero-order valence-corrected chi connectivity index (χ0v) is 18.7. The maximum atomic E-state index is 13.8. The Bertz CT molecular complexity index is 1130. The van der Waals surface area contributed by atoms with E-state index in [1.807, 2.05) is 30.1 Å². The van der Waals surface area contributed by atoms with Gasteiger partial charge in [-0.15, -0.1) is 11.3 Å². The van der Waals surface area contributed by atoms with Crippen LogP contribution in [-0.4, -0.2) is 37.9 Å². The van der Waals surface area contributed by atoms with E-state index in [1.54, 1.807) is 0 Å². The van der Waals surface area contributed by atoms with Gasteiger partial charge in [-0.25, -0.2) is 23.7 Å². The number of thiazole rings is 1. The molecule has 2 aliphatic rings. The lowest BCUT2D eigenvalue weighted by Crippen LogP contribution is -2.03. The zero-order valence-electron chi connectivity index (χ0n) is 17.9. The van der Waals surface area contributed by atoms with Crippen LogP contribution in [0, 0.1) is 18.6 Å². The molecule has 0 atom stereocenters. The molecular weight excluding hydrogens is 432 g/mol. The van der Waals surface area contributed by atoms with Crippen molar-refractivity contribution in [2.75, 3.05) is 13.2 Å². The van der Waals surface area contributed by atoms with Crippen molar-refractivity contribution in [3.8, 4) is 11.3 Å². The van der Waals surface area contributed by atoms with E-state index in [4.69, 9.17) is 4.74 Å². The largest absolute Gasteiger partial charge is 0.381 e. The van der Waals surface area contributed by atoms with Crippen LogP contribution in [-0.2, 0) is 4.74 Å². The van der Waals surface area contributed by atoms with Crippen molar-refractivity contribution < 1.29 is 13.5 Å². The van der Waals surface area contributed by atoms with E-state index < -0.39 is 11.6 Å². The van der Waals surface area contributed by atoms with Crippen LogP contribution in [0.3, 0.4) is 0 Å². The monoisotopic (exact) mass is 457 g/mol. The highest BCUT2D eigenvalue weighted by Crippen LogP contribution is 2.33. The van der Waals surface area contributed by atoms with Crippen LogP contribution < -0.4 is 0 Å². The number of aryl methyl sites for hydroxylation is 1. The Balaban J connectivity index is 0.000000142. The maximum Gasteiger partial charge on any atom is 0.174 e. The summed E-state index contributed by atoms with van der Waals surface area (Å²) in [5.41, 5.74) is 1.24. The SMILES string of the molecule is C1CCOCC1.Cc1nc2ncnc(-c3ccc(F)cc3F)c2s1.c1cnn(C2CC2)c1. The van der Waals surface area contributed by atoms with Crippen LogP contribution in [0.4, 0.5) is 8.78 Å². The summed E-state index contributed by atoms with van der Waals surface area (Å²) >= 11 is 1.39. The molecule has 0 amide bonds. The number of rotatable bonds is 2. The van der Waals surface area contributed by atoms with Gasteiger partial charge in [-0.1, -0.05) is 0 Å². The van der Waals surface area contributed by atoms with Crippen LogP contribution in [0.2, 0.25) is 0 Å². The van der Waals surface area contributed by atoms with Gasteiger partial charge in [0.15, 0.2) is 5.65 Å². The first-order valence-electron chi connectivity index (χ1n) is 10.7. The molecule has 6 rings (SSSR count). The van der Waals surface area contributed by atoms with Gasteiger partial charge in [-0.2, -0.15) is 5.10 Å². The number of hydrogen-bond donors (Lipinski definition) is 0. The lowest BCUT2D eigenvalue weighted by molar-refractivity contribution is 0.0968. The molecule has 0 unspecified atom stereocenters. The Morgan fingerprint density at radius 3 is 2.50 bits per heavy atom. The second-order valence-electron chi connectivity index (χ2n) is 7.62. The molecule has 1 aliphatic heterocycles. The molecule has 1 saturated heterocycles. The highest BCUT2D eigenvalue weighted by Gasteiger charge is 2.22. The minimum Gasteiger partial charge on any atom is -0.381 e. The van der Waals surface area contributed by atoms with Gasteiger partial charge in [0.25, 0.3) is 0 Å². The number of fused-ring (bicyclic) bond motifs is 1. The average Bonchev–Trinajstić information content (AvgIpc) is 3.36. The molecule has 0 bridgehead atoms. The molecule has 1 aliphatic carbocycles. The van der Waals surface area contributed by atoms with Crippen LogP contribution in [0.15, 0.2) is 43.0 Å². The summed E-state index contributed by atoms with van der Waals surface area (Å²) in [5.74, 6) is -1.25. The third-order valence-electron chi connectivity index (χ3n) is 5.01. The summed E-state index contributed by atoms with van der Waals surface area (Å²) in [4.78, 5) is 12.3. The van der Waals surface area contributed by atoms with E-state index in [9.17, 15) is 8.78 Å². The normalized spacial score (nSPS) is 15.5. The first-order valence-corrected chi connectivity index (χ1v) is 11.5. The molecule has 2 fully saturated rings. The highest BCUT2D eigenvalue weighted by molar-refractivity contribution is 7.19. The number of hydrogen-bond acceptors (Lipinski definition) is 6. The van der Waals surface area contributed by atoms with Crippen molar-refractivity contribution >= 4 is 21.7 Å². The van der Waals surface area contributed by atoms with Crippen molar-refractivity contribution in [2.45, 2.75) is 45.1 Å². The standard InChI is InChI=1S/C12H7F2N3S.C6H8N2.C5H10O/c1-6-17-12-11(18-6)10(15-5-16-12)8-3-2-7(13)4-9(8)14;1-4-7-8(5-1)6-2-3-6;1-2-4-6-5-3-1/h2-5H,1H3;1,4-6H,2-3H2;1-5H2. The molecule has 1 saturated carbocycles. The summed E-state index contributed by atoms with van der Waals surface area (Å²) < 4.78 is 34.5. The summed E-state index contributed by atoms with van der Waals surface area (Å²) in [5, 5.41) is 4.92. The van der Waals surface area contributed by atoms with Crippen LogP contribution >= 0.6 is 11.3 Å². The fourth-order valence-electron chi connectivity index (χ4n) is 3.25. The Morgan fingerprint density at radius 2 is 1.91 bits per heavy atom. The molecule has 32 heavy (non-hydrogen) atoms. The maximum absolute atomic E-state index is 13.8. The molecule has 0 N–H and O–H groups in total. The van der Waals surface area contributed by atoms with E-state index in [2.05, 4.69) is 20.1 Å². The average molecular weight is 458 g/mol. The Hall–Kier alpha value is -2.78. The summed E-state index contributed by atoms with van der Waals surface area (Å²) in [6.45, 7) is 3.84. The van der Waals surface area contributed by atoms with Crippen molar-refractivity contribution in [3.63, 3.8) is 0 Å². The molecule has 4 aromatic rings. The molecule has 168 valence electrons. The number of benzene rings is 1. The van der Waals surface area contributed by atoms with E-state index in [-0.39, 0.29) is 5.56 Å². The molecule has 1 aromatic carbocycles. The van der Waals surface area contributed by atoms with E-state index in [0.29, 0.717) is 16.0 Å². The predicted molar refractivity (Wildman–Crippen MR) is 120 cm³/mol. The van der Waals surface area contributed by atoms with Crippen molar-refractivity contribution in [1.82, 2.24) is 24.7 Å². The minimum absolute atomic E-state index is 0.257. The molecule has 3 aromatic heterocycles. The zero-order chi connectivity index (χ0) is 22.3. The van der Waals surface area contributed by atoms with Crippen molar-refractivity contribution in [3.05, 3.63) is 59.6 Å². The van der Waals surface area contributed by atoms with Crippen molar-refractivity contribution in [2.24, 2.45) is 0 Å². The van der Waals surface area contributed by atoms with Gasteiger partial charge < -0.3 is 4.74 Å². The number of aromatic nitrogens is 5. The van der Waals surface area contributed by atoms with Gasteiger partial charge in [-0.05, 0) is 57.2 Å². The number of ether oxygens (including phenoxy) is 1. The van der Waals surface area contributed by atoms with E-state index >= 15 is 0 Å². The van der Waals surface area contributed by atoms with Gasteiger partial charge in [0.05, 0.1) is 16.7 Å². The quantitative estimate of drug-likeness (QED) is 0.384. The van der Waals surface area contributed by atoms with E-state index in [1.165, 1.54) is 61.9 Å². The fraction of sp³-hybridized carbons (Fsp3) is 0.391. The topological polar surface area (TPSA) is 65.7 Å². The summed E-state index contributed by atoms with van der Waals surface area (Å²) in [6.07, 6.45) is 11.8. The third-order valence-corrected chi connectivity index (χ3v) is 5.97. The Labute approximate surface area is 189 Å². The van der Waals surface area contributed by atoms with Gasteiger partial charge in [0.2, 0.25) is 0 Å². The van der Waals surface area contributed by atoms with Crippen LogP contribution in [0.5, 0.6) is 0 Å². The molecule has 9 heteroatoms. The van der Waals surface area contributed by atoms with Crippen LogP contribution in [0.1, 0.15) is 43.2 Å².